The van der Waals surface area contributed by atoms with Gasteiger partial charge in [-0.2, -0.15) is 0 Å². The highest BCUT2D eigenvalue weighted by Gasteiger charge is 2.18. The Morgan fingerprint density at radius 1 is 0.370 bits per heavy atom. The van der Waals surface area contributed by atoms with Crippen molar-refractivity contribution in [1.29, 1.82) is 0 Å². The van der Waals surface area contributed by atoms with Crippen LogP contribution in [0.2, 0.25) is 0 Å². The van der Waals surface area contributed by atoms with Gasteiger partial charge in [-0.1, -0.05) is 347 Å². The van der Waals surface area contributed by atoms with Crippen molar-refractivity contribution in [3.63, 3.8) is 0 Å². The van der Waals surface area contributed by atoms with E-state index in [0.717, 1.165) is 38.5 Å². The summed E-state index contributed by atoms with van der Waals surface area (Å²) >= 11 is 0. The first kappa shape index (κ1) is 71.6. The Bertz CT molecular complexity index is 1100. The van der Waals surface area contributed by atoms with Gasteiger partial charge in [0.2, 0.25) is 5.91 Å². The molecule has 434 valence electrons. The van der Waals surface area contributed by atoms with Crippen molar-refractivity contribution in [1.82, 2.24) is 5.32 Å². The van der Waals surface area contributed by atoms with Crippen LogP contribution in [0.5, 0.6) is 0 Å². The van der Waals surface area contributed by atoms with E-state index in [4.69, 9.17) is 4.74 Å². The van der Waals surface area contributed by atoms with Crippen LogP contribution in [0, 0.1) is 0 Å². The number of hydrogen-bond acceptors (Lipinski definition) is 5. The molecule has 0 radical (unpaired) electrons. The molecule has 0 rings (SSSR count). The summed E-state index contributed by atoms with van der Waals surface area (Å²) in [7, 11) is 0. The largest absolute Gasteiger partial charge is 0.466 e. The summed E-state index contributed by atoms with van der Waals surface area (Å²) in [5.74, 6) is -0.0403. The molecule has 0 fully saturated rings. The number of aliphatic hydroxyl groups excluding tert-OH is 2. The maximum absolute atomic E-state index is 12.4. The van der Waals surface area contributed by atoms with Gasteiger partial charge in [-0.25, -0.2) is 0 Å². The second kappa shape index (κ2) is 63.1. The molecule has 2 unspecified atom stereocenters. The number of rotatable bonds is 63. The number of unbranched alkanes of at least 4 members (excludes halogenated alkanes) is 52. The van der Waals surface area contributed by atoms with Gasteiger partial charge in [0.15, 0.2) is 0 Å². The molecule has 0 aromatic heterocycles. The fraction of sp³-hybridized carbons (Fsp3) is 0.940. The highest BCUT2D eigenvalue weighted by Crippen LogP contribution is 2.19. The van der Waals surface area contributed by atoms with Crippen LogP contribution in [0.3, 0.4) is 0 Å². The van der Waals surface area contributed by atoms with E-state index >= 15 is 0 Å². The van der Waals surface area contributed by atoms with Crippen LogP contribution in [-0.2, 0) is 14.3 Å². The van der Waals surface area contributed by atoms with Crippen LogP contribution in [-0.4, -0.2) is 47.4 Å². The Kier molecular flexibility index (Phi) is 61.9. The molecule has 0 aromatic rings. The number of hydrogen-bond donors (Lipinski definition) is 3. The first-order valence-electron chi connectivity index (χ1n) is 33.5. The molecule has 0 heterocycles. The Labute approximate surface area is 457 Å². The summed E-state index contributed by atoms with van der Waals surface area (Å²) in [5, 5.41) is 23.0. The SMILES string of the molecule is CCCCCCCCC/C=C/C(O)C(CO)NC(=O)CCCCCCCCCCCCCCCCCCCCCCCCCCCCCCCCCOC(=O)CCCCCCCCCCCCCCCCCC. The lowest BCUT2D eigenvalue weighted by molar-refractivity contribution is -0.143. The van der Waals surface area contributed by atoms with E-state index < -0.39 is 12.1 Å². The topological polar surface area (TPSA) is 95.9 Å². The average molecular weight is 1030 g/mol. The summed E-state index contributed by atoms with van der Waals surface area (Å²) in [4.78, 5) is 24.5. The maximum Gasteiger partial charge on any atom is 0.305 e. The minimum Gasteiger partial charge on any atom is -0.466 e. The molecule has 0 aliphatic heterocycles. The van der Waals surface area contributed by atoms with Gasteiger partial charge >= 0.3 is 5.97 Å². The molecular weight excluding hydrogens is 899 g/mol. The average Bonchev–Trinajstić information content (AvgIpc) is 3.39. The number of carbonyl (C=O) groups is 2. The maximum atomic E-state index is 12.4. The molecule has 0 saturated heterocycles. The highest BCUT2D eigenvalue weighted by atomic mass is 16.5. The quantitative estimate of drug-likeness (QED) is 0.0320. The van der Waals surface area contributed by atoms with Crippen molar-refractivity contribution in [2.24, 2.45) is 0 Å². The second-order valence-electron chi connectivity index (χ2n) is 23.2. The lowest BCUT2D eigenvalue weighted by Gasteiger charge is -2.20. The fourth-order valence-electron chi connectivity index (χ4n) is 10.7. The third kappa shape index (κ3) is 59.7. The van der Waals surface area contributed by atoms with E-state index in [1.165, 1.54) is 315 Å². The molecule has 0 aliphatic rings. The first-order chi connectivity index (χ1) is 36.0. The predicted octanol–water partition coefficient (Wildman–Crippen LogP) is 21.2. The van der Waals surface area contributed by atoms with Crippen molar-refractivity contribution in [3.8, 4) is 0 Å². The Morgan fingerprint density at radius 3 is 0.932 bits per heavy atom. The van der Waals surface area contributed by atoms with Gasteiger partial charge < -0.3 is 20.3 Å². The lowest BCUT2D eigenvalue weighted by Crippen LogP contribution is -2.45. The van der Waals surface area contributed by atoms with Gasteiger partial charge in [0, 0.05) is 12.8 Å². The van der Waals surface area contributed by atoms with Crippen molar-refractivity contribution in [2.45, 2.75) is 392 Å². The number of allylic oxidation sites excluding steroid dienone is 1. The van der Waals surface area contributed by atoms with Crippen LogP contribution in [0.1, 0.15) is 380 Å². The van der Waals surface area contributed by atoms with Gasteiger partial charge in [-0.3, -0.25) is 9.59 Å². The van der Waals surface area contributed by atoms with E-state index in [9.17, 15) is 19.8 Å². The molecule has 1 amide bonds. The zero-order valence-electron chi connectivity index (χ0n) is 49.6. The zero-order valence-corrected chi connectivity index (χ0v) is 49.6. The minimum absolute atomic E-state index is 0.0244. The van der Waals surface area contributed by atoms with E-state index in [-0.39, 0.29) is 18.5 Å². The van der Waals surface area contributed by atoms with E-state index in [1.54, 1.807) is 6.08 Å². The van der Waals surface area contributed by atoms with Crippen molar-refractivity contribution in [3.05, 3.63) is 12.2 Å². The first-order valence-corrected chi connectivity index (χ1v) is 33.5. The number of ether oxygens (including phenoxy) is 1. The number of carbonyl (C=O) groups excluding carboxylic acids is 2. The Morgan fingerprint density at radius 2 is 0.630 bits per heavy atom. The minimum atomic E-state index is -0.838. The number of amides is 1. The number of aliphatic hydroxyl groups is 2. The molecule has 6 nitrogen and oxygen atoms in total. The standard InChI is InChI=1S/C67H131NO5/c1-3-5-7-9-11-13-14-15-16-35-38-41-45-49-53-57-61-67(72)73-62-58-54-50-46-42-39-36-33-31-29-27-25-23-21-19-17-18-20-22-24-26-28-30-32-34-37-40-44-48-52-56-60-66(71)68-64(63-69)65(70)59-55-51-47-43-12-10-8-6-4-2/h55,59,64-65,69-70H,3-54,56-58,60-63H2,1-2H3,(H,68,71)/b59-55+. The predicted molar refractivity (Wildman–Crippen MR) is 320 cm³/mol. The zero-order chi connectivity index (χ0) is 52.9. The number of esters is 1. The lowest BCUT2D eigenvalue weighted by atomic mass is 10.0. The summed E-state index contributed by atoms with van der Waals surface area (Å²) in [5.41, 5.74) is 0. The summed E-state index contributed by atoms with van der Waals surface area (Å²) in [6.45, 7) is 4.91. The normalized spacial score (nSPS) is 12.5. The van der Waals surface area contributed by atoms with Crippen LogP contribution in [0.25, 0.3) is 0 Å². The monoisotopic (exact) mass is 1030 g/mol. The van der Waals surface area contributed by atoms with Gasteiger partial charge in [-0.05, 0) is 32.1 Å². The molecule has 0 aliphatic carbocycles. The third-order valence-electron chi connectivity index (χ3n) is 15.8. The van der Waals surface area contributed by atoms with Crippen LogP contribution in [0.15, 0.2) is 12.2 Å². The molecular formula is C67H131NO5. The molecule has 0 saturated carbocycles. The molecule has 6 heteroatoms. The van der Waals surface area contributed by atoms with Crippen LogP contribution >= 0.6 is 0 Å². The Balaban J connectivity index is 3.28. The van der Waals surface area contributed by atoms with E-state index in [0.29, 0.717) is 19.4 Å². The van der Waals surface area contributed by atoms with E-state index in [2.05, 4.69) is 19.2 Å². The van der Waals surface area contributed by atoms with E-state index in [1.807, 2.05) is 6.08 Å². The van der Waals surface area contributed by atoms with Crippen molar-refractivity contribution >= 4 is 11.9 Å². The molecule has 0 aromatic carbocycles. The molecule has 2 atom stereocenters. The van der Waals surface area contributed by atoms with Gasteiger partial charge in [0.05, 0.1) is 25.4 Å². The fourth-order valence-corrected chi connectivity index (χ4v) is 10.7. The van der Waals surface area contributed by atoms with Gasteiger partial charge in [-0.15, -0.1) is 0 Å². The molecule has 3 N–H and O–H groups in total. The van der Waals surface area contributed by atoms with Crippen LogP contribution < -0.4 is 5.32 Å². The highest BCUT2D eigenvalue weighted by molar-refractivity contribution is 5.76. The van der Waals surface area contributed by atoms with Crippen molar-refractivity contribution < 1.29 is 24.5 Å². The van der Waals surface area contributed by atoms with Crippen molar-refractivity contribution in [2.75, 3.05) is 13.2 Å². The smallest absolute Gasteiger partial charge is 0.305 e. The summed E-state index contributed by atoms with van der Waals surface area (Å²) in [6.07, 6.45) is 77.3. The summed E-state index contributed by atoms with van der Waals surface area (Å²) < 4.78 is 5.50. The van der Waals surface area contributed by atoms with Gasteiger partial charge in [0.1, 0.15) is 0 Å². The van der Waals surface area contributed by atoms with Gasteiger partial charge in [0.25, 0.3) is 0 Å². The Hall–Kier alpha value is -1.40. The third-order valence-corrected chi connectivity index (χ3v) is 15.8. The molecule has 0 bridgehead atoms. The summed E-state index contributed by atoms with van der Waals surface area (Å²) in [6, 6.07) is -0.621. The second-order valence-corrected chi connectivity index (χ2v) is 23.2. The van der Waals surface area contributed by atoms with Crippen LogP contribution in [0.4, 0.5) is 0 Å². The number of nitrogens with one attached hydrogen (secondary N) is 1. The molecule has 73 heavy (non-hydrogen) atoms. The molecule has 0 spiro atoms.